The van der Waals surface area contributed by atoms with Gasteiger partial charge in [0, 0.05) is 23.7 Å². The zero-order valence-corrected chi connectivity index (χ0v) is 16.9. The van der Waals surface area contributed by atoms with Gasteiger partial charge in [-0.1, -0.05) is 48.5 Å². The number of carbonyl (C=O) groups is 2. The van der Waals surface area contributed by atoms with Crippen LogP contribution in [0.2, 0.25) is 0 Å². The van der Waals surface area contributed by atoms with Gasteiger partial charge in [-0.05, 0) is 29.8 Å². The van der Waals surface area contributed by atoms with E-state index >= 15 is 0 Å². The van der Waals surface area contributed by atoms with Gasteiger partial charge >= 0.3 is 0 Å². The molecular weight excluding hydrogens is 380 g/mol. The van der Waals surface area contributed by atoms with Crippen LogP contribution < -0.4 is 20.1 Å². The molecule has 3 aromatic rings. The molecular formula is C24H24N2O4. The number of ether oxygens (including phenoxy) is 2. The number of hydrogen-bond donors (Lipinski definition) is 2. The van der Waals surface area contributed by atoms with Crippen LogP contribution in [0.25, 0.3) is 0 Å². The Kier molecular flexibility index (Phi) is 7.05. The minimum Gasteiger partial charge on any atom is -0.497 e. The van der Waals surface area contributed by atoms with Crippen molar-refractivity contribution in [3.8, 4) is 11.5 Å². The van der Waals surface area contributed by atoms with Gasteiger partial charge in [0.05, 0.1) is 14.2 Å². The molecule has 1 atom stereocenters. The van der Waals surface area contributed by atoms with Crippen LogP contribution in [0.1, 0.15) is 27.5 Å². The minimum absolute atomic E-state index is 0.247. The molecule has 0 aliphatic rings. The molecule has 0 aliphatic heterocycles. The second-order valence-electron chi connectivity index (χ2n) is 6.58. The van der Waals surface area contributed by atoms with E-state index in [0.29, 0.717) is 22.6 Å². The summed E-state index contributed by atoms with van der Waals surface area (Å²) in [5.41, 5.74) is 1.98. The molecule has 2 N–H and O–H groups in total. The summed E-state index contributed by atoms with van der Waals surface area (Å²) in [6.07, 6.45) is 0. The first-order valence-corrected chi connectivity index (χ1v) is 9.52. The van der Waals surface area contributed by atoms with Crippen molar-refractivity contribution in [3.05, 3.63) is 95.6 Å². The Morgan fingerprint density at radius 2 is 1.53 bits per heavy atom. The molecule has 3 rings (SSSR count). The molecule has 0 heterocycles. The fourth-order valence-electron chi connectivity index (χ4n) is 3.03. The van der Waals surface area contributed by atoms with Gasteiger partial charge in [-0.3, -0.25) is 9.59 Å². The van der Waals surface area contributed by atoms with E-state index in [2.05, 4.69) is 10.6 Å². The standard InChI is InChI=1S/C24H24N2O4/c1-29-20-14-13-19(21(15-20)30-2)16-25-24(28)22(17-9-5-3-6-10-17)26-23(27)18-11-7-4-8-12-18/h3-15,22H,16H2,1-2H3,(H,25,28)(H,26,27). The average molecular weight is 404 g/mol. The molecule has 0 saturated heterocycles. The largest absolute Gasteiger partial charge is 0.497 e. The van der Waals surface area contributed by atoms with Crippen LogP contribution in [-0.4, -0.2) is 26.0 Å². The SMILES string of the molecule is COc1ccc(CNC(=O)C(NC(=O)c2ccccc2)c2ccccc2)c(OC)c1. The van der Waals surface area contributed by atoms with Gasteiger partial charge in [-0.15, -0.1) is 0 Å². The van der Waals surface area contributed by atoms with Gasteiger partial charge in [-0.25, -0.2) is 0 Å². The summed E-state index contributed by atoms with van der Waals surface area (Å²) in [6.45, 7) is 0.247. The van der Waals surface area contributed by atoms with Crippen molar-refractivity contribution in [1.29, 1.82) is 0 Å². The van der Waals surface area contributed by atoms with Gasteiger partial charge in [0.1, 0.15) is 17.5 Å². The number of nitrogens with one attached hydrogen (secondary N) is 2. The summed E-state index contributed by atoms with van der Waals surface area (Å²) in [5.74, 6) is 0.642. The number of benzene rings is 3. The fraction of sp³-hybridized carbons (Fsp3) is 0.167. The topological polar surface area (TPSA) is 76.7 Å². The molecule has 0 aliphatic carbocycles. The predicted molar refractivity (Wildman–Crippen MR) is 114 cm³/mol. The summed E-state index contributed by atoms with van der Waals surface area (Å²) in [7, 11) is 3.14. The average Bonchev–Trinajstić information content (AvgIpc) is 2.81. The highest BCUT2D eigenvalue weighted by Gasteiger charge is 2.23. The summed E-state index contributed by atoms with van der Waals surface area (Å²) < 4.78 is 10.6. The monoisotopic (exact) mass is 404 g/mol. The fourth-order valence-corrected chi connectivity index (χ4v) is 3.03. The van der Waals surface area contributed by atoms with Crippen molar-refractivity contribution in [2.24, 2.45) is 0 Å². The lowest BCUT2D eigenvalue weighted by Crippen LogP contribution is -2.40. The molecule has 0 radical (unpaired) electrons. The predicted octanol–water partition coefficient (Wildman–Crippen LogP) is 3.49. The maximum atomic E-state index is 13.0. The van der Waals surface area contributed by atoms with E-state index < -0.39 is 6.04 Å². The molecule has 6 heteroatoms. The highest BCUT2D eigenvalue weighted by molar-refractivity contribution is 5.97. The second kappa shape index (κ2) is 10.1. The number of hydrogen-bond acceptors (Lipinski definition) is 4. The highest BCUT2D eigenvalue weighted by Crippen LogP contribution is 2.24. The number of amides is 2. The summed E-state index contributed by atoms with van der Waals surface area (Å²) >= 11 is 0. The van der Waals surface area contributed by atoms with Crippen LogP contribution in [0.5, 0.6) is 11.5 Å². The van der Waals surface area contributed by atoms with E-state index in [1.54, 1.807) is 50.6 Å². The summed E-state index contributed by atoms with van der Waals surface area (Å²) in [4.78, 5) is 25.7. The van der Waals surface area contributed by atoms with Gasteiger partial charge in [0.2, 0.25) is 5.91 Å². The molecule has 0 aromatic heterocycles. The van der Waals surface area contributed by atoms with Gasteiger partial charge in [-0.2, -0.15) is 0 Å². The quantitative estimate of drug-likeness (QED) is 0.603. The van der Waals surface area contributed by atoms with Crippen molar-refractivity contribution in [2.75, 3.05) is 14.2 Å². The zero-order valence-electron chi connectivity index (χ0n) is 16.9. The molecule has 2 amide bonds. The van der Waals surface area contributed by atoms with Crippen molar-refractivity contribution < 1.29 is 19.1 Å². The normalized spacial score (nSPS) is 11.3. The summed E-state index contributed by atoms with van der Waals surface area (Å²) in [6, 6.07) is 22.5. The molecule has 6 nitrogen and oxygen atoms in total. The number of rotatable bonds is 8. The maximum absolute atomic E-state index is 13.0. The van der Waals surface area contributed by atoms with Gasteiger partial charge < -0.3 is 20.1 Å². The lowest BCUT2D eigenvalue weighted by molar-refractivity contribution is -0.123. The molecule has 0 saturated carbocycles. The third-order valence-electron chi connectivity index (χ3n) is 4.65. The molecule has 154 valence electrons. The Bertz CT molecular complexity index is 991. The maximum Gasteiger partial charge on any atom is 0.252 e. The van der Waals surface area contributed by atoms with E-state index in [1.807, 2.05) is 42.5 Å². The van der Waals surface area contributed by atoms with Crippen LogP contribution in [0.15, 0.2) is 78.9 Å². The molecule has 3 aromatic carbocycles. The third-order valence-corrected chi connectivity index (χ3v) is 4.65. The van der Waals surface area contributed by atoms with E-state index in [-0.39, 0.29) is 18.4 Å². The Morgan fingerprint density at radius 3 is 2.17 bits per heavy atom. The Hall–Kier alpha value is -3.80. The first kappa shape index (κ1) is 20.9. The molecule has 0 spiro atoms. The minimum atomic E-state index is -0.830. The number of carbonyl (C=O) groups excluding carboxylic acids is 2. The van der Waals surface area contributed by atoms with E-state index in [0.717, 1.165) is 5.56 Å². The molecule has 0 bridgehead atoms. The van der Waals surface area contributed by atoms with Gasteiger partial charge in [0.25, 0.3) is 5.91 Å². The smallest absolute Gasteiger partial charge is 0.252 e. The Balaban J connectivity index is 1.77. The second-order valence-corrected chi connectivity index (χ2v) is 6.58. The van der Waals surface area contributed by atoms with E-state index in [4.69, 9.17) is 9.47 Å². The van der Waals surface area contributed by atoms with Crippen LogP contribution in [0.3, 0.4) is 0 Å². The Labute approximate surface area is 175 Å². The van der Waals surface area contributed by atoms with Crippen molar-refractivity contribution >= 4 is 11.8 Å². The van der Waals surface area contributed by atoms with Crippen LogP contribution in [0.4, 0.5) is 0 Å². The lowest BCUT2D eigenvalue weighted by atomic mass is 10.0. The van der Waals surface area contributed by atoms with Crippen LogP contribution in [0, 0.1) is 0 Å². The molecule has 0 fully saturated rings. The number of methoxy groups -OCH3 is 2. The highest BCUT2D eigenvalue weighted by atomic mass is 16.5. The van der Waals surface area contributed by atoms with Crippen LogP contribution in [-0.2, 0) is 11.3 Å². The first-order valence-electron chi connectivity index (χ1n) is 9.52. The van der Waals surface area contributed by atoms with Crippen molar-refractivity contribution in [2.45, 2.75) is 12.6 Å². The first-order chi connectivity index (χ1) is 14.6. The third kappa shape index (κ3) is 5.17. The lowest BCUT2D eigenvalue weighted by Gasteiger charge is -2.19. The zero-order chi connectivity index (χ0) is 21.3. The molecule has 1 unspecified atom stereocenters. The van der Waals surface area contributed by atoms with Crippen LogP contribution >= 0.6 is 0 Å². The van der Waals surface area contributed by atoms with E-state index in [1.165, 1.54) is 0 Å². The van der Waals surface area contributed by atoms with Gasteiger partial charge in [0.15, 0.2) is 0 Å². The Morgan fingerprint density at radius 1 is 0.867 bits per heavy atom. The van der Waals surface area contributed by atoms with Crippen molar-refractivity contribution in [3.63, 3.8) is 0 Å². The van der Waals surface area contributed by atoms with Crippen molar-refractivity contribution in [1.82, 2.24) is 10.6 Å². The summed E-state index contributed by atoms with van der Waals surface area (Å²) in [5, 5.41) is 5.72. The molecule has 30 heavy (non-hydrogen) atoms. The van der Waals surface area contributed by atoms with E-state index in [9.17, 15) is 9.59 Å².